The van der Waals surface area contributed by atoms with Gasteiger partial charge in [-0.3, -0.25) is 13.5 Å². The number of carbonyl (C=O) groups excluding carboxylic acids is 1. The molecule has 1 atom stereocenters. The van der Waals surface area contributed by atoms with Crippen LogP contribution in [0, 0.1) is 6.92 Å². The molecular formula is C19H20N2O2S. The number of amides is 1. The van der Waals surface area contributed by atoms with Gasteiger partial charge in [-0.2, -0.15) is 0 Å². The number of rotatable bonds is 5. The third-order valence-electron chi connectivity index (χ3n) is 4.20. The van der Waals surface area contributed by atoms with Crippen LogP contribution in [0.25, 0.3) is 10.1 Å². The number of aromatic nitrogens is 1. The van der Waals surface area contributed by atoms with Crippen LogP contribution in [0.15, 0.2) is 53.3 Å². The molecule has 0 spiro atoms. The first kappa shape index (κ1) is 16.5. The van der Waals surface area contributed by atoms with Crippen molar-refractivity contribution < 1.29 is 4.79 Å². The number of fused-ring (bicyclic) bond motifs is 1. The zero-order valence-corrected chi connectivity index (χ0v) is 14.6. The second-order valence-corrected chi connectivity index (χ2v) is 6.80. The number of benzene rings is 2. The molecule has 1 N–H and O–H groups in total. The molecular weight excluding hydrogens is 320 g/mol. The van der Waals surface area contributed by atoms with E-state index in [2.05, 4.69) is 5.32 Å². The second kappa shape index (κ2) is 7.01. The molecule has 24 heavy (non-hydrogen) atoms. The summed E-state index contributed by atoms with van der Waals surface area (Å²) in [7, 11) is 0. The fourth-order valence-electron chi connectivity index (χ4n) is 2.76. The van der Waals surface area contributed by atoms with Crippen LogP contribution < -0.4 is 10.9 Å². The molecule has 1 aromatic heterocycles. The van der Waals surface area contributed by atoms with E-state index in [9.17, 15) is 9.59 Å². The Balaban J connectivity index is 1.82. The van der Waals surface area contributed by atoms with Gasteiger partial charge in [-0.25, -0.2) is 0 Å². The van der Waals surface area contributed by atoms with Crippen LogP contribution in [-0.4, -0.2) is 9.86 Å². The van der Waals surface area contributed by atoms with Crippen molar-refractivity contribution >= 4 is 27.5 Å². The standard InChI is InChI=1S/C19H20N2O2S/c1-3-16(18(22)20-12-14-9-5-4-8-13(14)2)21-19(23)15-10-6-7-11-17(15)24-21/h4-11,16H,3,12H2,1-2H3,(H,20,22)/t16-/m0/s1. The normalized spacial score (nSPS) is 12.2. The summed E-state index contributed by atoms with van der Waals surface area (Å²) in [5.41, 5.74) is 2.14. The first-order valence-corrected chi connectivity index (χ1v) is 8.82. The van der Waals surface area contributed by atoms with Gasteiger partial charge >= 0.3 is 0 Å². The van der Waals surface area contributed by atoms with Crippen molar-refractivity contribution in [2.75, 3.05) is 0 Å². The molecule has 1 heterocycles. The van der Waals surface area contributed by atoms with E-state index in [0.717, 1.165) is 15.8 Å². The third kappa shape index (κ3) is 3.12. The first-order chi connectivity index (χ1) is 11.6. The lowest BCUT2D eigenvalue weighted by molar-refractivity contribution is -0.124. The zero-order chi connectivity index (χ0) is 17.1. The Morgan fingerprint density at radius 3 is 2.58 bits per heavy atom. The average Bonchev–Trinajstić information content (AvgIpc) is 2.92. The smallest absolute Gasteiger partial charge is 0.269 e. The Bertz CT molecular complexity index is 926. The minimum Gasteiger partial charge on any atom is -0.350 e. The molecule has 3 rings (SSSR count). The summed E-state index contributed by atoms with van der Waals surface area (Å²) in [5, 5.41) is 3.64. The van der Waals surface area contributed by atoms with E-state index >= 15 is 0 Å². The van der Waals surface area contributed by atoms with Crippen molar-refractivity contribution in [2.45, 2.75) is 32.9 Å². The Morgan fingerprint density at radius 2 is 1.88 bits per heavy atom. The molecule has 5 heteroatoms. The summed E-state index contributed by atoms with van der Waals surface area (Å²) in [5.74, 6) is -0.116. The van der Waals surface area contributed by atoms with Gasteiger partial charge in [0.2, 0.25) is 5.91 Å². The van der Waals surface area contributed by atoms with E-state index < -0.39 is 6.04 Å². The number of carbonyl (C=O) groups is 1. The van der Waals surface area contributed by atoms with Crippen LogP contribution in [0.5, 0.6) is 0 Å². The topological polar surface area (TPSA) is 51.1 Å². The summed E-state index contributed by atoms with van der Waals surface area (Å²) < 4.78 is 2.50. The van der Waals surface area contributed by atoms with Crippen LogP contribution in [0.3, 0.4) is 0 Å². The van der Waals surface area contributed by atoms with Gasteiger partial charge in [0.15, 0.2) is 0 Å². The summed E-state index contributed by atoms with van der Waals surface area (Å²) >= 11 is 1.35. The predicted octanol–water partition coefficient (Wildman–Crippen LogP) is 3.64. The number of nitrogens with one attached hydrogen (secondary N) is 1. The minimum atomic E-state index is -0.473. The van der Waals surface area contributed by atoms with E-state index in [1.165, 1.54) is 11.5 Å². The fourth-order valence-corrected chi connectivity index (χ4v) is 3.92. The molecule has 1 amide bonds. The Labute approximate surface area is 144 Å². The fraction of sp³-hybridized carbons (Fsp3) is 0.263. The maximum atomic E-state index is 12.6. The summed E-state index contributed by atoms with van der Waals surface area (Å²) in [6.07, 6.45) is 0.576. The molecule has 0 bridgehead atoms. The van der Waals surface area contributed by atoms with Gasteiger partial charge in [-0.05, 0) is 36.6 Å². The van der Waals surface area contributed by atoms with Crippen molar-refractivity contribution in [2.24, 2.45) is 0 Å². The van der Waals surface area contributed by atoms with Crippen molar-refractivity contribution in [3.8, 4) is 0 Å². The van der Waals surface area contributed by atoms with E-state index in [0.29, 0.717) is 18.4 Å². The molecule has 0 unspecified atom stereocenters. The molecule has 0 fully saturated rings. The SMILES string of the molecule is CC[C@@H](C(=O)NCc1ccccc1C)n1sc2ccccc2c1=O. The largest absolute Gasteiger partial charge is 0.350 e. The van der Waals surface area contributed by atoms with E-state index in [1.807, 2.05) is 62.4 Å². The lowest BCUT2D eigenvalue weighted by atomic mass is 10.1. The summed E-state index contributed by atoms with van der Waals surface area (Å²) in [4.78, 5) is 25.2. The van der Waals surface area contributed by atoms with Crippen molar-refractivity contribution in [1.29, 1.82) is 0 Å². The van der Waals surface area contributed by atoms with Gasteiger partial charge in [-0.15, -0.1) is 0 Å². The van der Waals surface area contributed by atoms with Gasteiger partial charge < -0.3 is 5.32 Å². The molecule has 124 valence electrons. The average molecular weight is 340 g/mol. The zero-order valence-electron chi connectivity index (χ0n) is 13.8. The van der Waals surface area contributed by atoms with Gasteiger partial charge in [0.25, 0.3) is 5.56 Å². The molecule has 0 saturated carbocycles. The van der Waals surface area contributed by atoms with E-state index in [1.54, 1.807) is 3.96 Å². The number of aryl methyl sites for hydroxylation is 1. The number of nitrogens with zero attached hydrogens (tertiary/aromatic N) is 1. The molecule has 0 aliphatic heterocycles. The molecule has 2 aromatic carbocycles. The van der Waals surface area contributed by atoms with Crippen LogP contribution >= 0.6 is 11.5 Å². The lowest BCUT2D eigenvalue weighted by Gasteiger charge is -2.15. The highest BCUT2D eigenvalue weighted by Crippen LogP contribution is 2.21. The monoisotopic (exact) mass is 340 g/mol. The van der Waals surface area contributed by atoms with Crippen molar-refractivity contribution in [1.82, 2.24) is 9.27 Å². The van der Waals surface area contributed by atoms with Gasteiger partial charge in [0.1, 0.15) is 6.04 Å². The van der Waals surface area contributed by atoms with Crippen LogP contribution in [0.1, 0.15) is 30.5 Å². The first-order valence-electron chi connectivity index (χ1n) is 8.04. The highest BCUT2D eigenvalue weighted by molar-refractivity contribution is 7.14. The maximum Gasteiger partial charge on any atom is 0.269 e. The molecule has 0 aliphatic rings. The van der Waals surface area contributed by atoms with Gasteiger partial charge in [0.05, 0.1) is 10.1 Å². The molecule has 0 radical (unpaired) electrons. The molecule has 0 saturated heterocycles. The van der Waals surface area contributed by atoms with Gasteiger partial charge in [0, 0.05) is 6.54 Å². The predicted molar refractivity (Wildman–Crippen MR) is 98.4 cm³/mol. The van der Waals surface area contributed by atoms with Crippen molar-refractivity contribution in [3.05, 3.63) is 70.0 Å². The van der Waals surface area contributed by atoms with E-state index in [4.69, 9.17) is 0 Å². The number of hydrogen-bond donors (Lipinski definition) is 1. The van der Waals surface area contributed by atoms with Crippen molar-refractivity contribution in [3.63, 3.8) is 0 Å². The Hall–Kier alpha value is -2.40. The van der Waals surface area contributed by atoms with Crippen LogP contribution in [0.2, 0.25) is 0 Å². The summed E-state index contributed by atoms with van der Waals surface area (Å²) in [6.45, 7) is 4.42. The number of hydrogen-bond acceptors (Lipinski definition) is 3. The minimum absolute atomic E-state index is 0.0894. The highest BCUT2D eigenvalue weighted by Gasteiger charge is 2.22. The molecule has 0 aliphatic carbocycles. The second-order valence-electron chi connectivity index (χ2n) is 5.79. The third-order valence-corrected chi connectivity index (χ3v) is 5.37. The van der Waals surface area contributed by atoms with E-state index in [-0.39, 0.29) is 11.5 Å². The molecule has 3 aromatic rings. The van der Waals surface area contributed by atoms with Crippen LogP contribution in [0.4, 0.5) is 0 Å². The Kier molecular flexibility index (Phi) is 4.81. The summed E-state index contributed by atoms with van der Waals surface area (Å²) in [6, 6.07) is 15.0. The Morgan fingerprint density at radius 1 is 1.17 bits per heavy atom. The highest BCUT2D eigenvalue weighted by atomic mass is 32.1. The quantitative estimate of drug-likeness (QED) is 0.771. The lowest BCUT2D eigenvalue weighted by Crippen LogP contribution is -2.34. The van der Waals surface area contributed by atoms with Crippen LogP contribution in [-0.2, 0) is 11.3 Å². The van der Waals surface area contributed by atoms with Gasteiger partial charge in [-0.1, -0.05) is 54.9 Å². The maximum absolute atomic E-state index is 12.6. The molecule has 4 nitrogen and oxygen atoms in total.